The Bertz CT molecular complexity index is 1060. The minimum Gasteiger partial charge on any atom is -0.360 e. The summed E-state index contributed by atoms with van der Waals surface area (Å²) in [6.45, 7) is 16.6. The maximum absolute atomic E-state index is 5.58. The van der Waals surface area contributed by atoms with Crippen LogP contribution in [0, 0.1) is 0 Å². The van der Waals surface area contributed by atoms with Crippen molar-refractivity contribution in [3.05, 3.63) is 84.1 Å². The van der Waals surface area contributed by atoms with E-state index in [-0.39, 0.29) is 6.17 Å². The van der Waals surface area contributed by atoms with Gasteiger partial charge < -0.3 is 26.6 Å². The fourth-order valence-corrected chi connectivity index (χ4v) is 4.54. The molecule has 0 radical (unpaired) electrons. The predicted octanol–water partition coefficient (Wildman–Crippen LogP) is 4.71. The van der Waals surface area contributed by atoms with Gasteiger partial charge in [0, 0.05) is 51.0 Å². The first-order valence-electron chi connectivity index (χ1n) is 13.8. The molecule has 7 heteroatoms. The van der Waals surface area contributed by atoms with Gasteiger partial charge in [0.2, 0.25) is 0 Å². The number of unbranched alkanes of at least 4 members (excludes halogenated alkanes) is 2. The molecule has 1 unspecified atom stereocenters. The van der Waals surface area contributed by atoms with E-state index in [0.29, 0.717) is 0 Å². The molecule has 2 aliphatic heterocycles. The van der Waals surface area contributed by atoms with E-state index >= 15 is 0 Å². The van der Waals surface area contributed by atoms with Gasteiger partial charge in [0.05, 0.1) is 11.4 Å². The second kappa shape index (κ2) is 15.3. The molecule has 0 aliphatic carbocycles. The van der Waals surface area contributed by atoms with Crippen LogP contribution >= 0.6 is 0 Å². The number of aliphatic imine (C=N–C) groups is 1. The Hall–Kier alpha value is -3.13. The van der Waals surface area contributed by atoms with Gasteiger partial charge in [0.1, 0.15) is 12.0 Å². The molecule has 206 valence electrons. The van der Waals surface area contributed by atoms with Crippen LogP contribution in [0.4, 0.5) is 11.4 Å². The summed E-state index contributed by atoms with van der Waals surface area (Å²) in [5.41, 5.74) is 11.9. The number of anilines is 2. The summed E-state index contributed by atoms with van der Waals surface area (Å²) in [7, 11) is 4.01. The van der Waals surface area contributed by atoms with Crippen LogP contribution in [-0.2, 0) is 0 Å². The van der Waals surface area contributed by atoms with Crippen molar-refractivity contribution < 1.29 is 0 Å². The second-order valence-electron chi connectivity index (χ2n) is 10.1. The van der Waals surface area contributed by atoms with Crippen molar-refractivity contribution in [2.24, 2.45) is 10.7 Å². The fourth-order valence-electron chi connectivity index (χ4n) is 4.54. The zero-order valence-electron chi connectivity index (χ0n) is 23.6. The molecule has 0 spiro atoms. The number of hydrogen-bond acceptors (Lipinski definition) is 6. The molecule has 0 bridgehead atoms. The average molecular weight is 518 g/mol. The largest absolute Gasteiger partial charge is 0.360 e. The summed E-state index contributed by atoms with van der Waals surface area (Å²) < 4.78 is 0. The van der Waals surface area contributed by atoms with Crippen LogP contribution in [0.15, 0.2) is 83.6 Å². The summed E-state index contributed by atoms with van der Waals surface area (Å²) in [5.74, 6) is 0.838. The number of nitrogens with one attached hydrogen (secondary N) is 3. The molecule has 0 amide bonds. The smallest absolute Gasteiger partial charge is 0.132 e. The fraction of sp³-hybridized carbons (Fsp3) is 0.452. The van der Waals surface area contributed by atoms with Crippen molar-refractivity contribution in [1.29, 1.82) is 0 Å². The van der Waals surface area contributed by atoms with Crippen LogP contribution in [0.25, 0.3) is 0 Å². The average Bonchev–Trinajstić information content (AvgIpc) is 3.36. The lowest BCUT2D eigenvalue weighted by Gasteiger charge is -2.31. The zero-order valence-corrected chi connectivity index (χ0v) is 23.6. The summed E-state index contributed by atoms with van der Waals surface area (Å²) in [4.78, 5) is 9.43. The van der Waals surface area contributed by atoms with Crippen molar-refractivity contribution in [3.63, 3.8) is 0 Å². The van der Waals surface area contributed by atoms with Gasteiger partial charge in [0.25, 0.3) is 0 Å². The minimum atomic E-state index is -0.0569. The first-order valence-corrected chi connectivity index (χ1v) is 13.8. The molecular weight excluding hydrogens is 470 g/mol. The number of rotatable bonds is 13. The monoisotopic (exact) mass is 517 g/mol. The number of nitrogens with zero attached hydrogens (tertiary/aromatic N) is 3. The number of allylic oxidation sites excluding steroid dienone is 4. The van der Waals surface area contributed by atoms with Crippen LogP contribution in [0.1, 0.15) is 38.2 Å². The highest BCUT2D eigenvalue weighted by Crippen LogP contribution is 2.32. The lowest BCUT2D eigenvalue weighted by Crippen LogP contribution is -2.44. The van der Waals surface area contributed by atoms with E-state index in [1.807, 2.05) is 14.0 Å². The quantitative estimate of drug-likeness (QED) is 0.131. The van der Waals surface area contributed by atoms with Crippen LogP contribution in [0.2, 0.25) is 0 Å². The van der Waals surface area contributed by atoms with Crippen molar-refractivity contribution in [2.75, 3.05) is 64.0 Å². The highest BCUT2D eigenvalue weighted by atomic mass is 15.2. The molecule has 1 fully saturated rings. The van der Waals surface area contributed by atoms with E-state index < -0.39 is 0 Å². The Morgan fingerprint density at radius 3 is 2.55 bits per heavy atom. The topological polar surface area (TPSA) is 81.0 Å². The van der Waals surface area contributed by atoms with Crippen LogP contribution in [0.5, 0.6) is 0 Å². The first kappa shape index (κ1) is 29.4. The van der Waals surface area contributed by atoms with Crippen LogP contribution < -0.4 is 21.7 Å². The minimum absolute atomic E-state index is 0.0569. The van der Waals surface area contributed by atoms with Crippen LogP contribution in [-0.4, -0.2) is 75.2 Å². The van der Waals surface area contributed by atoms with E-state index in [4.69, 9.17) is 5.73 Å². The maximum atomic E-state index is 5.58. The first-order chi connectivity index (χ1) is 18.4. The Morgan fingerprint density at radius 1 is 1.08 bits per heavy atom. The summed E-state index contributed by atoms with van der Waals surface area (Å²) >= 11 is 0. The number of likely N-dealkylation sites (N-methyl/N-ethyl adjacent to an activating group) is 1. The highest BCUT2D eigenvalue weighted by Gasteiger charge is 2.22. The third-order valence-corrected chi connectivity index (χ3v) is 7.00. The standard InChI is InChI=1S/C31H47N7/c1-6-10-27(16-18-38-21-19-37(5)20-22-38)34-31(33-4)26-14-15-28-29(23-26)36-30(35-28)25(3)13-12-24(2)11-8-7-9-17-32/h6,10,12-16,23,30,35-36H,2-3,7-9,11,17-22,32H2,1,4-5H3,(H,33,34)/b10-6-,13-12-,27-16+. The van der Waals surface area contributed by atoms with E-state index in [2.05, 4.69) is 99.5 Å². The molecule has 3 rings (SSSR count). The van der Waals surface area contributed by atoms with Crippen molar-refractivity contribution in [3.8, 4) is 0 Å². The van der Waals surface area contributed by atoms with Crippen molar-refractivity contribution in [1.82, 2.24) is 15.1 Å². The Balaban J connectivity index is 1.59. The number of benzene rings is 1. The Labute approximate surface area is 229 Å². The number of hydrogen-bond donors (Lipinski definition) is 4. The normalized spacial score (nSPS) is 19.0. The van der Waals surface area contributed by atoms with Crippen molar-refractivity contribution >= 4 is 17.2 Å². The third-order valence-electron chi connectivity index (χ3n) is 7.00. The molecule has 0 aromatic heterocycles. The summed E-state index contributed by atoms with van der Waals surface area (Å²) in [6, 6.07) is 6.33. The van der Waals surface area contributed by atoms with E-state index in [9.17, 15) is 0 Å². The van der Waals surface area contributed by atoms with Crippen molar-refractivity contribution in [2.45, 2.75) is 38.8 Å². The molecule has 1 atom stereocenters. The number of fused-ring (bicyclic) bond motifs is 1. The number of amidine groups is 1. The molecule has 5 N–H and O–H groups in total. The molecule has 1 aromatic carbocycles. The van der Waals surface area contributed by atoms with Gasteiger partial charge in [-0.15, -0.1) is 0 Å². The Kier molecular flexibility index (Phi) is 11.9. The third kappa shape index (κ3) is 9.01. The van der Waals surface area contributed by atoms with Crippen LogP contribution in [0.3, 0.4) is 0 Å². The van der Waals surface area contributed by atoms with E-state index in [0.717, 1.165) is 105 Å². The van der Waals surface area contributed by atoms with Gasteiger partial charge in [-0.2, -0.15) is 0 Å². The molecule has 2 aliphatic rings. The molecular formula is C31H47N7. The lowest BCUT2D eigenvalue weighted by atomic mass is 10.1. The molecule has 1 saturated heterocycles. The second-order valence-corrected chi connectivity index (χ2v) is 10.1. The lowest BCUT2D eigenvalue weighted by molar-refractivity contribution is 0.166. The molecule has 2 heterocycles. The van der Waals surface area contributed by atoms with Gasteiger partial charge in [-0.25, -0.2) is 0 Å². The van der Waals surface area contributed by atoms with Gasteiger partial charge in [-0.3, -0.25) is 9.89 Å². The summed E-state index contributed by atoms with van der Waals surface area (Å²) in [5, 5.41) is 10.6. The SMILES string of the molecule is C=C(/C=C\C(=C)C1Nc2ccc(C(=NC)NC(/C=C\C)=C/CN3CCN(C)CC3)cc2N1)CCCCCN. The number of piperazine rings is 1. The van der Waals surface area contributed by atoms with E-state index in [1.54, 1.807) is 0 Å². The van der Waals surface area contributed by atoms with Gasteiger partial charge >= 0.3 is 0 Å². The van der Waals surface area contributed by atoms with Gasteiger partial charge in [0.15, 0.2) is 0 Å². The van der Waals surface area contributed by atoms with Gasteiger partial charge in [-0.1, -0.05) is 43.4 Å². The molecule has 0 saturated carbocycles. The maximum Gasteiger partial charge on any atom is 0.132 e. The predicted molar refractivity (Wildman–Crippen MR) is 165 cm³/mol. The molecule has 7 nitrogen and oxygen atoms in total. The summed E-state index contributed by atoms with van der Waals surface area (Å²) in [6.07, 6.45) is 14.8. The zero-order chi connectivity index (χ0) is 27.3. The van der Waals surface area contributed by atoms with Gasteiger partial charge in [-0.05, 0) is 75.7 Å². The highest BCUT2D eigenvalue weighted by molar-refractivity contribution is 6.02. The molecule has 38 heavy (non-hydrogen) atoms. The molecule has 1 aromatic rings. The number of nitrogens with two attached hydrogens (primary N) is 1. The van der Waals surface area contributed by atoms with E-state index in [1.165, 1.54) is 0 Å². The Morgan fingerprint density at radius 2 is 1.84 bits per heavy atom.